The van der Waals surface area contributed by atoms with Crippen LogP contribution >= 0.6 is 0 Å². The Labute approximate surface area is 116 Å². The smallest absolute Gasteiger partial charge is 0.118 e. The Morgan fingerprint density at radius 2 is 1.89 bits per heavy atom. The molecule has 1 N–H and O–H groups in total. The van der Waals surface area contributed by atoms with Gasteiger partial charge >= 0.3 is 0 Å². The zero-order valence-electron chi connectivity index (χ0n) is 12.2. The molecule has 2 rings (SSSR count). The van der Waals surface area contributed by atoms with E-state index in [1.807, 2.05) is 0 Å². The number of benzene rings is 1. The summed E-state index contributed by atoms with van der Waals surface area (Å²) >= 11 is 0. The second-order valence-corrected chi connectivity index (χ2v) is 5.22. The lowest BCUT2D eigenvalue weighted by molar-refractivity contribution is 0.163. The Bertz CT molecular complexity index is 358. The van der Waals surface area contributed by atoms with Crippen molar-refractivity contribution in [2.75, 3.05) is 33.3 Å². The summed E-state index contributed by atoms with van der Waals surface area (Å²) in [5.74, 6) is 0.943. The van der Waals surface area contributed by atoms with Crippen molar-refractivity contribution < 1.29 is 4.74 Å². The van der Waals surface area contributed by atoms with Gasteiger partial charge in [0.05, 0.1) is 7.11 Å². The zero-order valence-corrected chi connectivity index (χ0v) is 12.2. The highest BCUT2D eigenvalue weighted by Crippen LogP contribution is 2.28. The van der Waals surface area contributed by atoms with Gasteiger partial charge in [0.1, 0.15) is 5.75 Å². The third-order valence-corrected chi connectivity index (χ3v) is 3.92. The van der Waals surface area contributed by atoms with E-state index in [1.165, 1.54) is 24.8 Å². The molecule has 1 aromatic rings. The van der Waals surface area contributed by atoms with Gasteiger partial charge in [-0.15, -0.1) is 0 Å². The van der Waals surface area contributed by atoms with Crippen LogP contribution in [0.3, 0.4) is 0 Å². The quantitative estimate of drug-likeness (QED) is 0.853. The van der Waals surface area contributed by atoms with Crippen LogP contribution in [0.1, 0.15) is 37.8 Å². The van der Waals surface area contributed by atoms with Crippen LogP contribution in [0, 0.1) is 0 Å². The molecule has 0 spiro atoms. The van der Waals surface area contributed by atoms with Gasteiger partial charge in [-0.2, -0.15) is 0 Å². The molecule has 1 fully saturated rings. The molecule has 1 atom stereocenters. The predicted molar refractivity (Wildman–Crippen MR) is 79.7 cm³/mol. The van der Waals surface area contributed by atoms with Gasteiger partial charge in [-0.3, -0.25) is 4.90 Å². The molecule has 1 aromatic carbocycles. The van der Waals surface area contributed by atoms with Crippen LogP contribution in [0.4, 0.5) is 0 Å². The van der Waals surface area contributed by atoms with Crippen molar-refractivity contribution in [2.24, 2.45) is 0 Å². The number of hydrogen-bond donors (Lipinski definition) is 1. The van der Waals surface area contributed by atoms with Crippen LogP contribution in [0.15, 0.2) is 24.3 Å². The average molecular weight is 262 g/mol. The van der Waals surface area contributed by atoms with Crippen molar-refractivity contribution in [3.63, 3.8) is 0 Å². The molecule has 1 saturated heterocycles. The summed E-state index contributed by atoms with van der Waals surface area (Å²) in [6, 6.07) is 9.17. The van der Waals surface area contributed by atoms with Gasteiger partial charge in [0.2, 0.25) is 0 Å². The minimum atomic E-state index is 0.563. The molecule has 106 valence electrons. The summed E-state index contributed by atoms with van der Waals surface area (Å²) in [7, 11) is 1.72. The molecular weight excluding hydrogens is 236 g/mol. The normalized spacial score (nSPS) is 18.2. The Balaban J connectivity index is 2.10. The van der Waals surface area contributed by atoms with E-state index in [-0.39, 0.29) is 0 Å². The van der Waals surface area contributed by atoms with E-state index in [2.05, 4.69) is 41.4 Å². The topological polar surface area (TPSA) is 24.5 Å². The predicted octanol–water partition coefficient (Wildman–Crippen LogP) is 2.83. The molecule has 0 saturated carbocycles. The highest BCUT2D eigenvalue weighted by molar-refractivity contribution is 5.29. The number of unbranched alkanes of at least 4 members (excludes halogenated alkanes) is 1. The number of nitrogens with zero attached hydrogens (tertiary/aromatic N) is 1. The summed E-state index contributed by atoms with van der Waals surface area (Å²) in [4.78, 5) is 2.62. The number of ether oxygens (including phenoxy) is 1. The van der Waals surface area contributed by atoms with E-state index < -0.39 is 0 Å². The van der Waals surface area contributed by atoms with E-state index in [0.717, 1.165) is 31.9 Å². The maximum absolute atomic E-state index is 5.25. The third-order valence-electron chi connectivity index (χ3n) is 3.92. The Kier molecular flexibility index (Phi) is 5.67. The number of hydrogen-bond acceptors (Lipinski definition) is 3. The zero-order chi connectivity index (χ0) is 13.5. The van der Waals surface area contributed by atoms with Crippen molar-refractivity contribution in [2.45, 2.75) is 32.2 Å². The Morgan fingerprint density at radius 3 is 2.47 bits per heavy atom. The van der Waals surface area contributed by atoms with E-state index in [0.29, 0.717) is 6.04 Å². The molecule has 3 heteroatoms. The fourth-order valence-electron chi connectivity index (χ4n) is 2.78. The second kappa shape index (κ2) is 7.51. The standard InChI is InChI=1S/C16H26N2O/c1-3-4-5-16(18-12-10-17-11-13-18)14-6-8-15(19-2)9-7-14/h6-9,16-17H,3-5,10-13H2,1-2H3. The molecule has 0 aromatic heterocycles. The fraction of sp³-hybridized carbons (Fsp3) is 0.625. The number of piperazine rings is 1. The highest BCUT2D eigenvalue weighted by atomic mass is 16.5. The molecule has 19 heavy (non-hydrogen) atoms. The number of rotatable bonds is 6. The van der Waals surface area contributed by atoms with E-state index in [1.54, 1.807) is 7.11 Å². The van der Waals surface area contributed by atoms with Crippen LogP contribution in [0.25, 0.3) is 0 Å². The van der Waals surface area contributed by atoms with Gasteiger partial charge in [0, 0.05) is 32.2 Å². The Morgan fingerprint density at radius 1 is 1.21 bits per heavy atom. The molecule has 1 heterocycles. The summed E-state index contributed by atoms with van der Waals surface area (Å²) in [5.41, 5.74) is 1.43. The highest BCUT2D eigenvalue weighted by Gasteiger charge is 2.21. The first kappa shape index (κ1) is 14.4. The van der Waals surface area contributed by atoms with E-state index in [9.17, 15) is 0 Å². The molecule has 0 aliphatic carbocycles. The minimum absolute atomic E-state index is 0.563. The van der Waals surface area contributed by atoms with Crippen LogP contribution < -0.4 is 10.1 Å². The fourth-order valence-corrected chi connectivity index (χ4v) is 2.78. The van der Waals surface area contributed by atoms with Crippen molar-refractivity contribution >= 4 is 0 Å². The molecular formula is C16H26N2O. The first-order valence-corrected chi connectivity index (χ1v) is 7.44. The van der Waals surface area contributed by atoms with Gasteiger partial charge < -0.3 is 10.1 Å². The van der Waals surface area contributed by atoms with Crippen molar-refractivity contribution in [1.82, 2.24) is 10.2 Å². The first-order chi connectivity index (χ1) is 9.35. The van der Waals surface area contributed by atoms with Gasteiger partial charge in [0.25, 0.3) is 0 Å². The van der Waals surface area contributed by atoms with Crippen LogP contribution in [0.5, 0.6) is 5.75 Å². The molecule has 1 unspecified atom stereocenters. The lowest BCUT2D eigenvalue weighted by atomic mass is 9.98. The van der Waals surface area contributed by atoms with Crippen LogP contribution in [-0.2, 0) is 0 Å². The molecule has 0 radical (unpaired) electrons. The van der Waals surface area contributed by atoms with Crippen molar-refractivity contribution in [3.05, 3.63) is 29.8 Å². The first-order valence-electron chi connectivity index (χ1n) is 7.44. The molecule has 1 aliphatic rings. The lowest BCUT2D eigenvalue weighted by Crippen LogP contribution is -2.45. The van der Waals surface area contributed by atoms with Crippen LogP contribution in [-0.4, -0.2) is 38.2 Å². The summed E-state index contributed by atoms with van der Waals surface area (Å²) in [6.45, 7) is 6.79. The second-order valence-electron chi connectivity index (χ2n) is 5.22. The molecule has 3 nitrogen and oxygen atoms in total. The van der Waals surface area contributed by atoms with Gasteiger partial charge in [-0.25, -0.2) is 0 Å². The summed E-state index contributed by atoms with van der Waals surface area (Å²) in [6.07, 6.45) is 3.81. The van der Waals surface area contributed by atoms with Crippen molar-refractivity contribution in [3.8, 4) is 5.75 Å². The third kappa shape index (κ3) is 3.95. The maximum Gasteiger partial charge on any atom is 0.118 e. The van der Waals surface area contributed by atoms with E-state index in [4.69, 9.17) is 4.74 Å². The molecule has 1 aliphatic heterocycles. The van der Waals surface area contributed by atoms with E-state index >= 15 is 0 Å². The SMILES string of the molecule is CCCCC(c1ccc(OC)cc1)N1CCNCC1. The maximum atomic E-state index is 5.25. The van der Waals surface area contributed by atoms with Crippen LogP contribution in [0.2, 0.25) is 0 Å². The van der Waals surface area contributed by atoms with Gasteiger partial charge in [-0.05, 0) is 24.1 Å². The van der Waals surface area contributed by atoms with Gasteiger partial charge in [0.15, 0.2) is 0 Å². The Hall–Kier alpha value is -1.06. The largest absolute Gasteiger partial charge is 0.497 e. The summed E-state index contributed by atoms with van der Waals surface area (Å²) in [5, 5.41) is 3.43. The number of methoxy groups -OCH3 is 1. The molecule has 0 amide bonds. The summed E-state index contributed by atoms with van der Waals surface area (Å²) < 4.78 is 5.25. The average Bonchev–Trinajstić information content (AvgIpc) is 2.49. The minimum Gasteiger partial charge on any atom is -0.497 e. The van der Waals surface area contributed by atoms with Crippen molar-refractivity contribution in [1.29, 1.82) is 0 Å². The monoisotopic (exact) mass is 262 g/mol. The number of nitrogens with one attached hydrogen (secondary N) is 1. The lowest BCUT2D eigenvalue weighted by Gasteiger charge is -2.35. The molecule has 0 bridgehead atoms. The van der Waals surface area contributed by atoms with Gasteiger partial charge in [-0.1, -0.05) is 31.9 Å².